The highest BCUT2D eigenvalue weighted by Gasteiger charge is 2.07. The van der Waals surface area contributed by atoms with Gasteiger partial charge in [0.2, 0.25) is 11.8 Å². The van der Waals surface area contributed by atoms with Crippen LogP contribution in [0, 0.1) is 0 Å². The Labute approximate surface area is 113 Å². The lowest BCUT2D eigenvalue weighted by Gasteiger charge is -2.15. The lowest BCUT2D eigenvalue weighted by Crippen LogP contribution is -2.34. The first-order valence-corrected chi connectivity index (χ1v) is 6.06. The molecule has 1 rings (SSSR count). The van der Waals surface area contributed by atoms with E-state index in [2.05, 4.69) is 10.6 Å². The number of hydrogen-bond donors (Lipinski definition) is 3. The lowest BCUT2D eigenvalue weighted by atomic mass is 10.2. The molecule has 0 fully saturated rings. The number of nitrogens with two attached hydrogens (primary N) is 1. The SMILES string of the molecule is CNC(=O)CN(C)CCC(=O)Nc1ccc(N)cc1. The normalized spacial score (nSPS) is 10.3. The molecule has 0 atom stereocenters. The van der Waals surface area contributed by atoms with Crippen molar-refractivity contribution in [2.45, 2.75) is 6.42 Å². The van der Waals surface area contributed by atoms with Crippen LogP contribution in [0.5, 0.6) is 0 Å². The molecule has 4 N–H and O–H groups in total. The Bertz CT molecular complexity index is 431. The standard InChI is InChI=1S/C13H20N4O2/c1-15-13(19)9-17(2)8-7-12(18)16-11-5-3-10(14)4-6-11/h3-6H,7-9,14H2,1-2H3,(H,15,19)(H,16,18). The van der Waals surface area contributed by atoms with Gasteiger partial charge < -0.3 is 16.4 Å². The summed E-state index contributed by atoms with van der Waals surface area (Å²) in [4.78, 5) is 24.6. The minimum Gasteiger partial charge on any atom is -0.399 e. The number of nitrogens with one attached hydrogen (secondary N) is 2. The summed E-state index contributed by atoms with van der Waals surface area (Å²) in [6.07, 6.45) is 0.331. The topological polar surface area (TPSA) is 87.5 Å². The molecule has 0 spiro atoms. The quantitative estimate of drug-likeness (QED) is 0.644. The van der Waals surface area contributed by atoms with E-state index in [1.807, 2.05) is 0 Å². The Kier molecular flexibility index (Phi) is 5.81. The summed E-state index contributed by atoms with van der Waals surface area (Å²) < 4.78 is 0. The van der Waals surface area contributed by atoms with E-state index < -0.39 is 0 Å². The molecule has 104 valence electrons. The van der Waals surface area contributed by atoms with Gasteiger partial charge in [0.1, 0.15) is 0 Å². The number of hydrogen-bond acceptors (Lipinski definition) is 4. The van der Waals surface area contributed by atoms with Gasteiger partial charge in [0, 0.05) is 31.4 Å². The zero-order chi connectivity index (χ0) is 14.3. The van der Waals surface area contributed by atoms with E-state index in [0.29, 0.717) is 24.3 Å². The predicted molar refractivity (Wildman–Crippen MR) is 75.7 cm³/mol. The Hall–Kier alpha value is -2.08. The summed E-state index contributed by atoms with van der Waals surface area (Å²) in [7, 11) is 3.38. The Morgan fingerprint density at radius 1 is 1.21 bits per heavy atom. The molecule has 0 aliphatic rings. The van der Waals surface area contributed by atoms with Crippen molar-refractivity contribution in [3.8, 4) is 0 Å². The third kappa shape index (κ3) is 5.87. The minimum atomic E-state index is -0.0893. The molecular weight excluding hydrogens is 244 g/mol. The summed E-state index contributed by atoms with van der Waals surface area (Å²) in [5.74, 6) is -0.157. The van der Waals surface area contributed by atoms with Crippen molar-refractivity contribution < 1.29 is 9.59 Å². The second kappa shape index (κ2) is 7.38. The van der Waals surface area contributed by atoms with Gasteiger partial charge in [-0.2, -0.15) is 0 Å². The van der Waals surface area contributed by atoms with Crippen molar-refractivity contribution in [1.29, 1.82) is 0 Å². The van der Waals surface area contributed by atoms with Crippen LogP contribution >= 0.6 is 0 Å². The average Bonchev–Trinajstić information content (AvgIpc) is 2.39. The van der Waals surface area contributed by atoms with Crippen molar-refractivity contribution in [3.63, 3.8) is 0 Å². The highest BCUT2D eigenvalue weighted by molar-refractivity contribution is 5.91. The van der Waals surface area contributed by atoms with Gasteiger partial charge in [-0.25, -0.2) is 0 Å². The lowest BCUT2D eigenvalue weighted by molar-refractivity contribution is -0.122. The van der Waals surface area contributed by atoms with E-state index in [4.69, 9.17) is 5.73 Å². The van der Waals surface area contributed by atoms with Crippen LogP contribution in [0.2, 0.25) is 0 Å². The fraction of sp³-hybridized carbons (Fsp3) is 0.385. The fourth-order valence-electron chi connectivity index (χ4n) is 1.49. The predicted octanol–water partition coefficient (Wildman–Crippen LogP) is 0.275. The smallest absolute Gasteiger partial charge is 0.233 e. The molecule has 0 aliphatic carbocycles. The molecule has 1 aromatic rings. The van der Waals surface area contributed by atoms with E-state index in [1.54, 1.807) is 43.3 Å². The molecule has 0 radical (unpaired) electrons. The van der Waals surface area contributed by atoms with Crippen LogP contribution in [0.4, 0.5) is 11.4 Å². The van der Waals surface area contributed by atoms with Crippen LogP contribution in [0.3, 0.4) is 0 Å². The Balaban J connectivity index is 2.31. The van der Waals surface area contributed by atoms with Crippen LogP contribution < -0.4 is 16.4 Å². The van der Waals surface area contributed by atoms with Gasteiger partial charge in [-0.05, 0) is 31.3 Å². The van der Waals surface area contributed by atoms with Gasteiger partial charge in [0.25, 0.3) is 0 Å². The molecular formula is C13H20N4O2. The zero-order valence-electron chi connectivity index (χ0n) is 11.3. The summed E-state index contributed by atoms with van der Waals surface area (Å²) >= 11 is 0. The number of carbonyl (C=O) groups excluding carboxylic acids is 2. The third-order valence-corrected chi connectivity index (χ3v) is 2.61. The van der Waals surface area contributed by atoms with Gasteiger partial charge in [0.15, 0.2) is 0 Å². The number of nitrogen functional groups attached to an aromatic ring is 1. The monoisotopic (exact) mass is 264 g/mol. The van der Waals surface area contributed by atoms with Gasteiger partial charge >= 0.3 is 0 Å². The van der Waals surface area contributed by atoms with E-state index in [0.717, 1.165) is 0 Å². The number of rotatable bonds is 6. The largest absolute Gasteiger partial charge is 0.399 e. The van der Waals surface area contributed by atoms with E-state index in [9.17, 15) is 9.59 Å². The first-order valence-electron chi connectivity index (χ1n) is 6.06. The first-order chi connectivity index (χ1) is 9.01. The van der Waals surface area contributed by atoms with Crippen molar-refractivity contribution >= 4 is 23.2 Å². The Morgan fingerprint density at radius 3 is 2.42 bits per heavy atom. The fourth-order valence-corrected chi connectivity index (χ4v) is 1.49. The van der Waals surface area contributed by atoms with Crippen LogP contribution in [-0.4, -0.2) is 43.9 Å². The highest BCUT2D eigenvalue weighted by atomic mass is 16.2. The van der Waals surface area contributed by atoms with Crippen molar-refractivity contribution in [2.24, 2.45) is 0 Å². The molecule has 0 bridgehead atoms. The zero-order valence-corrected chi connectivity index (χ0v) is 11.3. The molecule has 1 aromatic carbocycles. The number of amides is 2. The second-order valence-corrected chi connectivity index (χ2v) is 4.33. The average molecular weight is 264 g/mol. The number of likely N-dealkylation sites (N-methyl/N-ethyl adjacent to an activating group) is 2. The highest BCUT2D eigenvalue weighted by Crippen LogP contribution is 2.10. The number of benzene rings is 1. The second-order valence-electron chi connectivity index (χ2n) is 4.33. The molecule has 19 heavy (non-hydrogen) atoms. The van der Waals surface area contributed by atoms with Gasteiger partial charge in [-0.1, -0.05) is 0 Å². The molecule has 0 saturated heterocycles. The van der Waals surface area contributed by atoms with Crippen LogP contribution in [0.25, 0.3) is 0 Å². The van der Waals surface area contributed by atoms with E-state index >= 15 is 0 Å². The van der Waals surface area contributed by atoms with Crippen LogP contribution in [0.15, 0.2) is 24.3 Å². The first kappa shape index (κ1) is 15.0. The van der Waals surface area contributed by atoms with Crippen molar-refractivity contribution in [2.75, 3.05) is 38.2 Å². The molecule has 0 aliphatic heterocycles. The van der Waals surface area contributed by atoms with Gasteiger partial charge in [0.05, 0.1) is 6.54 Å². The van der Waals surface area contributed by atoms with Gasteiger partial charge in [-0.3, -0.25) is 14.5 Å². The molecule has 0 saturated carbocycles. The molecule has 0 heterocycles. The third-order valence-electron chi connectivity index (χ3n) is 2.61. The minimum absolute atomic E-state index is 0.0681. The number of nitrogens with zero attached hydrogens (tertiary/aromatic N) is 1. The van der Waals surface area contributed by atoms with Crippen LogP contribution in [0.1, 0.15) is 6.42 Å². The summed E-state index contributed by atoms with van der Waals surface area (Å²) in [5.41, 5.74) is 6.93. The maximum atomic E-state index is 11.7. The molecule has 2 amide bonds. The molecule has 0 unspecified atom stereocenters. The molecule has 6 nitrogen and oxygen atoms in total. The Morgan fingerprint density at radius 2 is 1.84 bits per heavy atom. The summed E-state index contributed by atoms with van der Waals surface area (Å²) in [5, 5.41) is 5.31. The van der Waals surface area contributed by atoms with Gasteiger partial charge in [-0.15, -0.1) is 0 Å². The van der Waals surface area contributed by atoms with E-state index in [-0.39, 0.29) is 18.4 Å². The number of carbonyl (C=O) groups is 2. The summed E-state index contributed by atoms with van der Waals surface area (Å²) in [6, 6.07) is 6.96. The maximum Gasteiger partial charge on any atom is 0.233 e. The van der Waals surface area contributed by atoms with Crippen molar-refractivity contribution in [1.82, 2.24) is 10.2 Å². The van der Waals surface area contributed by atoms with Crippen molar-refractivity contribution in [3.05, 3.63) is 24.3 Å². The summed E-state index contributed by atoms with van der Waals surface area (Å²) in [6.45, 7) is 0.805. The van der Waals surface area contributed by atoms with E-state index in [1.165, 1.54) is 0 Å². The molecule has 6 heteroatoms. The molecule has 0 aromatic heterocycles. The van der Waals surface area contributed by atoms with Crippen LogP contribution in [-0.2, 0) is 9.59 Å². The number of anilines is 2. The maximum absolute atomic E-state index is 11.7.